The molecule has 0 saturated heterocycles. The molecule has 6 nitrogen and oxygen atoms in total. The Morgan fingerprint density at radius 3 is 2.82 bits per heavy atom. The van der Waals surface area contributed by atoms with Crippen LogP contribution in [0.3, 0.4) is 0 Å². The number of primary amides is 1. The normalized spacial score (nSPS) is 10.2. The first kappa shape index (κ1) is 11.3. The average molecular weight is 251 g/mol. The molecule has 2 rings (SSSR count). The summed E-state index contributed by atoms with van der Waals surface area (Å²) in [5, 5.41) is 4.29. The van der Waals surface area contributed by atoms with Gasteiger partial charge in [0, 0.05) is 5.02 Å². The van der Waals surface area contributed by atoms with Crippen molar-refractivity contribution in [2.75, 3.05) is 0 Å². The predicted molar refractivity (Wildman–Crippen MR) is 61.2 cm³/mol. The van der Waals surface area contributed by atoms with Gasteiger partial charge in [0.2, 0.25) is 5.69 Å². The van der Waals surface area contributed by atoms with Gasteiger partial charge in [0.15, 0.2) is 0 Å². The Labute approximate surface area is 101 Å². The number of nitrogens with two attached hydrogens (primary N) is 1. The molecule has 0 radical (unpaired) electrons. The highest BCUT2D eigenvalue weighted by atomic mass is 35.5. The van der Waals surface area contributed by atoms with Crippen molar-refractivity contribution in [1.29, 1.82) is 0 Å². The van der Waals surface area contributed by atoms with Crippen LogP contribution in [-0.4, -0.2) is 20.7 Å². The van der Waals surface area contributed by atoms with Gasteiger partial charge in [0.05, 0.1) is 5.69 Å². The summed E-state index contributed by atoms with van der Waals surface area (Å²) in [6.45, 7) is 0. The molecule has 0 aliphatic rings. The number of halogens is 1. The van der Waals surface area contributed by atoms with Crippen LogP contribution in [0.25, 0.3) is 5.69 Å². The fourth-order valence-electron chi connectivity index (χ4n) is 1.24. The third-order valence-electron chi connectivity index (χ3n) is 2.00. The average Bonchev–Trinajstić information content (AvgIpc) is 2.29. The molecule has 2 aromatic rings. The van der Waals surface area contributed by atoms with Crippen LogP contribution in [0.15, 0.2) is 35.4 Å². The van der Waals surface area contributed by atoms with Crippen LogP contribution in [0.4, 0.5) is 0 Å². The third kappa shape index (κ3) is 2.31. The van der Waals surface area contributed by atoms with E-state index < -0.39 is 17.2 Å². The van der Waals surface area contributed by atoms with Gasteiger partial charge in [0.25, 0.3) is 5.91 Å². The summed E-state index contributed by atoms with van der Waals surface area (Å²) in [5.41, 5.74) is 4.42. The second kappa shape index (κ2) is 4.34. The Kier molecular flexibility index (Phi) is 2.88. The highest BCUT2D eigenvalue weighted by Gasteiger charge is 2.10. The van der Waals surface area contributed by atoms with E-state index in [4.69, 9.17) is 17.3 Å². The lowest BCUT2D eigenvalue weighted by atomic mass is 10.3. The number of carbonyl (C=O) groups excluding carboxylic acids is 1. The van der Waals surface area contributed by atoms with Gasteiger partial charge in [-0.2, -0.15) is 10.1 Å². The van der Waals surface area contributed by atoms with E-state index >= 15 is 0 Å². The first-order chi connectivity index (χ1) is 8.08. The maximum atomic E-state index is 11.2. The van der Waals surface area contributed by atoms with Crippen LogP contribution in [0, 0.1) is 0 Å². The SMILES string of the molecule is NC(=O)c1nn(-c2cccc(Cl)c2)cnc1=O. The minimum absolute atomic E-state index is 0.410. The van der Waals surface area contributed by atoms with Gasteiger partial charge in [0.1, 0.15) is 6.33 Å². The molecule has 0 fully saturated rings. The summed E-state index contributed by atoms with van der Waals surface area (Å²) in [7, 11) is 0. The van der Waals surface area contributed by atoms with E-state index in [1.165, 1.54) is 11.0 Å². The molecular formula is C10H7ClN4O2. The van der Waals surface area contributed by atoms with Crippen LogP contribution >= 0.6 is 11.6 Å². The minimum atomic E-state index is -0.918. The molecule has 7 heteroatoms. The molecule has 1 aromatic heterocycles. The summed E-state index contributed by atoms with van der Waals surface area (Å²) in [6, 6.07) is 6.72. The standard InChI is InChI=1S/C10H7ClN4O2/c11-6-2-1-3-7(4-6)15-5-13-10(17)8(14-15)9(12)16/h1-5H,(H2,12,16). The lowest BCUT2D eigenvalue weighted by molar-refractivity contribution is 0.0992. The summed E-state index contributed by atoms with van der Waals surface area (Å²) in [4.78, 5) is 25.7. The van der Waals surface area contributed by atoms with Crippen molar-refractivity contribution in [2.45, 2.75) is 0 Å². The number of hydrogen-bond donors (Lipinski definition) is 1. The molecule has 0 aliphatic carbocycles. The maximum Gasteiger partial charge on any atom is 0.304 e. The molecule has 0 unspecified atom stereocenters. The predicted octanol–water partition coefficient (Wildman–Crippen LogP) is 0.380. The molecule has 1 heterocycles. The maximum absolute atomic E-state index is 11.2. The molecule has 17 heavy (non-hydrogen) atoms. The van der Waals surface area contributed by atoms with Crippen molar-refractivity contribution < 1.29 is 4.79 Å². The minimum Gasteiger partial charge on any atom is -0.364 e. The second-order valence-corrected chi connectivity index (χ2v) is 3.62. The van der Waals surface area contributed by atoms with Crippen LogP contribution < -0.4 is 11.3 Å². The molecular weight excluding hydrogens is 244 g/mol. The molecule has 0 bridgehead atoms. The van der Waals surface area contributed by atoms with Crippen LogP contribution in [-0.2, 0) is 0 Å². The molecule has 1 amide bonds. The highest BCUT2D eigenvalue weighted by molar-refractivity contribution is 6.30. The largest absolute Gasteiger partial charge is 0.364 e. The highest BCUT2D eigenvalue weighted by Crippen LogP contribution is 2.12. The molecule has 2 N–H and O–H groups in total. The molecule has 0 atom stereocenters. The van der Waals surface area contributed by atoms with E-state index in [0.717, 1.165) is 0 Å². The van der Waals surface area contributed by atoms with Crippen molar-refractivity contribution >= 4 is 17.5 Å². The van der Waals surface area contributed by atoms with Gasteiger partial charge in [-0.25, -0.2) is 4.68 Å². The molecule has 86 valence electrons. The molecule has 0 spiro atoms. The van der Waals surface area contributed by atoms with Gasteiger partial charge in [-0.3, -0.25) is 9.59 Å². The van der Waals surface area contributed by atoms with Crippen LogP contribution in [0.5, 0.6) is 0 Å². The van der Waals surface area contributed by atoms with E-state index in [0.29, 0.717) is 10.7 Å². The fraction of sp³-hybridized carbons (Fsp3) is 0. The van der Waals surface area contributed by atoms with E-state index in [1.807, 2.05) is 0 Å². The number of carbonyl (C=O) groups is 1. The Balaban J connectivity index is 2.58. The first-order valence-corrected chi connectivity index (χ1v) is 4.97. The molecule has 0 saturated carbocycles. The summed E-state index contributed by atoms with van der Waals surface area (Å²) in [6.07, 6.45) is 1.19. The molecule has 1 aromatic carbocycles. The van der Waals surface area contributed by atoms with E-state index in [2.05, 4.69) is 10.1 Å². The third-order valence-corrected chi connectivity index (χ3v) is 2.24. The summed E-state index contributed by atoms with van der Waals surface area (Å²) < 4.78 is 1.26. The van der Waals surface area contributed by atoms with Crippen molar-refractivity contribution in [3.05, 3.63) is 51.7 Å². The Morgan fingerprint density at radius 2 is 2.18 bits per heavy atom. The van der Waals surface area contributed by atoms with Crippen LogP contribution in [0.2, 0.25) is 5.02 Å². The Hall–Kier alpha value is -2.21. The zero-order valence-electron chi connectivity index (χ0n) is 8.50. The van der Waals surface area contributed by atoms with Crippen molar-refractivity contribution in [3.8, 4) is 5.69 Å². The van der Waals surface area contributed by atoms with Gasteiger partial charge in [-0.15, -0.1) is 0 Å². The Bertz CT molecular complexity index is 638. The van der Waals surface area contributed by atoms with E-state index in [1.54, 1.807) is 24.3 Å². The van der Waals surface area contributed by atoms with Crippen LogP contribution in [0.1, 0.15) is 10.5 Å². The fourth-order valence-corrected chi connectivity index (χ4v) is 1.43. The molecule has 0 aliphatic heterocycles. The van der Waals surface area contributed by atoms with Crippen molar-refractivity contribution in [3.63, 3.8) is 0 Å². The van der Waals surface area contributed by atoms with Gasteiger partial charge >= 0.3 is 5.56 Å². The number of amides is 1. The smallest absolute Gasteiger partial charge is 0.304 e. The van der Waals surface area contributed by atoms with Gasteiger partial charge in [-0.1, -0.05) is 17.7 Å². The number of benzene rings is 1. The van der Waals surface area contributed by atoms with E-state index in [-0.39, 0.29) is 0 Å². The summed E-state index contributed by atoms with van der Waals surface area (Å²) in [5.74, 6) is -0.918. The van der Waals surface area contributed by atoms with Gasteiger partial charge < -0.3 is 5.73 Å². The number of rotatable bonds is 2. The zero-order chi connectivity index (χ0) is 12.4. The number of nitrogens with zero attached hydrogens (tertiary/aromatic N) is 3. The van der Waals surface area contributed by atoms with E-state index in [9.17, 15) is 9.59 Å². The van der Waals surface area contributed by atoms with Crippen molar-refractivity contribution in [2.24, 2.45) is 5.73 Å². The summed E-state index contributed by atoms with van der Waals surface area (Å²) >= 11 is 5.81. The number of hydrogen-bond acceptors (Lipinski definition) is 4. The quantitative estimate of drug-likeness (QED) is 0.834. The first-order valence-electron chi connectivity index (χ1n) is 4.59. The second-order valence-electron chi connectivity index (χ2n) is 3.19. The van der Waals surface area contributed by atoms with Gasteiger partial charge in [-0.05, 0) is 18.2 Å². The zero-order valence-corrected chi connectivity index (χ0v) is 9.26. The Morgan fingerprint density at radius 1 is 1.41 bits per heavy atom. The lowest BCUT2D eigenvalue weighted by Crippen LogP contribution is -2.28. The monoisotopic (exact) mass is 250 g/mol. The number of aromatic nitrogens is 3. The van der Waals surface area contributed by atoms with Crippen molar-refractivity contribution in [1.82, 2.24) is 14.8 Å². The topological polar surface area (TPSA) is 90.9 Å². The lowest BCUT2D eigenvalue weighted by Gasteiger charge is -2.05.